The van der Waals surface area contributed by atoms with Crippen LogP contribution in [0.4, 0.5) is 0 Å². The average molecular weight is 391 g/mol. The monoisotopic (exact) mass is 390 g/mol. The minimum absolute atomic E-state index is 0.0400. The van der Waals surface area contributed by atoms with E-state index in [1.165, 1.54) is 0 Å². The Morgan fingerprint density at radius 2 is 1.80 bits per heavy atom. The third-order valence-corrected chi connectivity index (χ3v) is 4.65. The number of benzene rings is 2. The molecular weight excluding hydrogens is 376 g/mol. The molecule has 122 valence electrons. The van der Waals surface area contributed by atoms with E-state index >= 15 is 0 Å². The Kier molecular flexibility index (Phi) is 4.20. The van der Waals surface area contributed by atoms with Gasteiger partial charge in [0, 0.05) is 34.5 Å². The number of pyridine rings is 2. The lowest BCUT2D eigenvalue weighted by Crippen LogP contribution is -2.15. The molecule has 0 saturated heterocycles. The molecule has 0 bridgehead atoms. The lowest BCUT2D eigenvalue weighted by atomic mass is 10.0. The summed E-state index contributed by atoms with van der Waals surface area (Å²) in [6.07, 6.45) is 4.22. The van der Waals surface area contributed by atoms with E-state index in [0.29, 0.717) is 17.5 Å². The van der Waals surface area contributed by atoms with Crippen LogP contribution in [0.1, 0.15) is 11.1 Å². The first kappa shape index (κ1) is 15.8. The Balaban J connectivity index is 1.96. The molecule has 2 aromatic heterocycles. The van der Waals surface area contributed by atoms with Crippen LogP contribution in [0.3, 0.4) is 0 Å². The van der Waals surface area contributed by atoms with Crippen molar-refractivity contribution < 1.29 is 0 Å². The molecule has 0 spiro atoms. The standard InChI is InChI=1S/C21H15BrN2O/c22-17-8-4-9-18(13-17)24-14-16(12-15-6-2-1-3-7-15)20(25)19-10-5-11-23-21(19)24/h1-11,13-14H,12H2. The maximum atomic E-state index is 12.9. The number of aromatic nitrogens is 2. The summed E-state index contributed by atoms with van der Waals surface area (Å²) in [5.74, 6) is 0. The van der Waals surface area contributed by atoms with Crippen molar-refractivity contribution in [1.82, 2.24) is 9.55 Å². The highest BCUT2D eigenvalue weighted by Crippen LogP contribution is 2.20. The van der Waals surface area contributed by atoms with E-state index in [9.17, 15) is 4.79 Å². The van der Waals surface area contributed by atoms with Crippen molar-refractivity contribution in [3.8, 4) is 5.69 Å². The van der Waals surface area contributed by atoms with Gasteiger partial charge in [0.1, 0.15) is 5.65 Å². The molecular formula is C21H15BrN2O. The van der Waals surface area contributed by atoms with E-state index in [0.717, 1.165) is 21.3 Å². The van der Waals surface area contributed by atoms with E-state index < -0.39 is 0 Å². The first-order valence-electron chi connectivity index (χ1n) is 8.01. The van der Waals surface area contributed by atoms with Gasteiger partial charge >= 0.3 is 0 Å². The van der Waals surface area contributed by atoms with Crippen LogP contribution in [0.5, 0.6) is 0 Å². The van der Waals surface area contributed by atoms with Crippen LogP contribution in [0.2, 0.25) is 0 Å². The largest absolute Gasteiger partial charge is 0.301 e. The highest BCUT2D eigenvalue weighted by Gasteiger charge is 2.11. The number of halogens is 1. The van der Waals surface area contributed by atoms with Crippen LogP contribution in [0.25, 0.3) is 16.7 Å². The summed E-state index contributed by atoms with van der Waals surface area (Å²) >= 11 is 3.51. The smallest absolute Gasteiger partial charge is 0.194 e. The summed E-state index contributed by atoms with van der Waals surface area (Å²) in [7, 11) is 0. The summed E-state index contributed by atoms with van der Waals surface area (Å²) in [6, 6.07) is 21.7. The second-order valence-corrected chi connectivity index (χ2v) is 6.79. The maximum absolute atomic E-state index is 12.9. The second-order valence-electron chi connectivity index (χ2n) is 5.87. The van der Waals surface area contributed by atoms with Gasteiger partial charge in [-0.2, -0.15) is 0 Å². The second kappa shape index (κ2) is 6.65. The number of hydrogen-bond donors (Lipinski definition) is 0. The normalized spacial score (nSPS) is 10.9. The molecule has 0 aliphatic heterocycles. The fourth-order valence-corrected chi connectivity index (χ4v) is 3.37. The highest BCUT2D eigenvalue weighted by atomic mass is 79.9. The quantitative estimate of drug-likeness (QED) is 0.506. The predicted octanol–water partition coefficient (Wildman–Crippen LogP) is 4.74. The van der Waals surface area contributed by atoms with Gasteiger partial charge in [0.25, 0.3) is 0 Å². The maximum Gasteiger partial charge on any atom is 0.194 e. The van der Waals surface area contributed by atoms with Crippen molar-refractivity contribution >= 4 is 27.0 Å². The number of hydrogen-bond acceptors (Lipinski definition) is 2. The molecule has 4 aromatic rings. The van der Waals surface area contributed by atoms with Gasteiger partial charge in [0.2, 0.25) is 0 Å². The third-order valence-electron chi connectivity index (χ3n) is 4.16. The van der Waals surface area contributed by atoms with E-state index in [1.54, 1.807) is 12.3 Å². The Morgan fingerprint density at radius 3 is 2.60 bits per heavy atom. The highest BCUT2D eigenvalue weighted by molar-refractivity contribution is 9.10. The molecule has 0 aliphatic carbocycles. The lowest BCUT2D eigenvalue weighted by molar-refractivity contribution is 1.02. The molecule has 0 saturated carbocycles. The molecule has 25 heavy (non-hydrogen) atoms. The minimum atomic E-state index is 0.0400. The van der Waals surface area contributed by atoms with Gasteiger partial charge in [-0.05, 0) is 35.9 Å². The summed E-state index contributed by atoms with van der Waals surface area (Å²) in [5.41, 5.74) is 3.54. The van der Waals surface area contributed by atoms with Crippen molar-refractivity contribution in [3.05, 3.63) is 105 Å². The van der Waals surface area contributed by atoms with Crippen LogP contribution >= 0.6 is 15.9 Å². The van der Waals surface area contributed by atoms with Crippen molar-refractivity contribution in [3.63, 3.8) is 0 Å². The Morgan fingerprint density at radius 1 is 0.960 bits per heavy atom. The summed E-state index contributed by atoms with van der Waals surface area (Å²) in [5, 5.41) is 0.635. The van der Waals surface area contributed by atoms with Crippen molar-refractivity contribution in [2.45, 2.75) is 6.42 Å². The van der Waals surface area contributed by atoms with E-state index in [-0.39, 0.29) is 5.43 Å². The van der Waals surface area contributed by atoms with Gasteiger partial charge in [-0.15, -0.1) is 0 Å². The molecule has 0 aliphatic rings. The summed E-state index contributed by atoms with van der Waals surface area (Å²) in [6.45, 7) is 0. The fourth-order valence-electron chi connectivity index (χ4n) is 2.98. The number of nitrogens with zero attached hydrogens (tertiary/aromatic N) is 2. The predicted molar refractivity (Wildman–Crippen MR) is 104 cm³/mol. The molecule has 2 heterocycles. The summed E-state index contributed by atoms with van der Waals surface area (Å²) < 4.78 is 2.97. The molecule has 3 nitrogen and oxygen atoms in total. The van der Waals surface area contributed by atoms with Crippen LogP contribution < -0.4 is 5.43 Å². The molecule has 0 atom stereocenters. The summed E-state index contributed by atoms with van der Waals surface area (Å²) in [4.78, 5) is 17.4. The molecule has 0 radical (unpaired) electrons. The zero-order valence-electron chi connectivity index (χ0n) is 13.4. The average Bonchev–Trinajstić information content (AvgIpc) is 2.65. The van der Waals surface area contributed by atoms with Crippen molar-refractivity contribution in [2.75, 3.05) is 0 Å². The van der Waals surface area contributed by atoms with Crippen LogP contribution in [-0.4, -0.2) is 9.55 Å². The van der Waals surface area contributed by atoms with Crippen molar-refractivity contribution in [1.29, 1.82) is 0 Å². The van der Waals surface area contributed by atoms with E-state index in [2.05, 4.69) is 20.9 Å². The topological polar surface area (TPSA) is 34.9 Å². The molecule has 4 rings (SSSR count). The fraction of sp³-hybridized carbons (Fsp3) is 0.0476. The van der Waals surface area contributed by atoms with Gasteiger partial charge in [0.15, 0.2) is 5.43 Å². The first-order chi connectivity index (χ1) is 12.2. The van der Waals surface area contributed by atoms with Gasteiger partial charge < -0.3 is 4.57 Å². The van der Waals surface area contributed by atoms with Gasteiger partial charge in [-0.3, -0.25) is 4.79 Å². The lowest BCUT2D eigenvalue weighted by Gasteiger charge is -2.13. The van der Waals surface area contributed by atoms with Gasteiger partial charge in [-0.25, -0.2) is 4.98 Å². The zero-order valence-corrected chi connectivity index (χ0v) is 15.0. The van der Waals surface area contributed by atoms with Crippen molar-refractivity contribution in [2.24, 2.45) is 0 Å². The molecule has 2 aromatic carbocycles. The Hall–Kier alpha value is -2.72. The van der Waals surface area contributed by atoms with Crippen LogP contribution in [0, 0.1) is 0 Å². The van der Waals surface area contributed by atoms with Gasteiger partial charge in [0.05, 0.1) is 5.39 Å². The zero-order chi connectivity index (χ0) is 17.2. The minimum Gasteiger partial charge on any atom is -0.301 e. The Bertz CT molecular complexity index is 1100. The molecule has 0 fully saturated rings. The molecule has 0 N–H and O–H groups in total. The van der Waals surface area contributed by atoms with E-state index in [4.69, 9.17) is 0 Å². The number of rotatable bonds is 3. The Labute approximate surface area is 153 Å². The van der Waals surface area contributed by atoms with E-state index in [1.807, 2.05) is 71.4 Å². The number of fused-ring (bicyclic) bond motifs is 1. The van der Waals surface area contributed by atoms with Crippen LogP contribution in [0.15, 0.2) is 88.4 Å². The first-order valence-corrected chi connectivity index (χ1v) is 8.81. The SMILES string of the molecule is O=c1c(Cc2ccccc2)cn(-c2cccc(Br)c2)c2ncccc12. The van der Waals surface area contributed by atoms with Crippen LogP contribution in [-0.2, 0) is 6.42 Å². The third kappa shape index (κ3) is 3.13. The van der Waals surface area contributed by atoms with Gasteiger partial charge in [-0.1, -0.05) is 52.3 Å². The molecule has 0 amide bonds. The molecule has 4 heteroatoms. The molecule has 0 unspecified atom stereocenters.